The van der Waals surface area contributed by atoms with Crippen molar-refractivity contribution in [1.82, 2.24) is 14.6 Å². The summed E-state index contributed by atoms with van der Waals surface area (Å²) in [5.41, 5.74) is 7.09. The molecule has 0 amide bonds. The molecule has 0 bridgehead atoms. The third kappa shape index (κ3) is 2.12. The number of hydrogen-bond acceptors (Lipinski definition) is 4. The summed E-state index contributed by atoms with van der Waals surface area (Å²) in [6.07, 6.45) is 1.71. The van der Waals surface area contributed by atoms with Crippen LogP contribution < -0.4 is 10.5 Å². The second-order valence-corrected chi connectivity index (χ2v) is 2.99. The van der Waals surface area contributed by atoms with Crippen molar-refractivity contribution in [3.8, 4) is 5.75 Å². The molecule has 0 atom stereocenters. The number of aromatic nitrogens is 3. The van der Waals surface area contributed by atoms with Crippen molar-refractivity contribution in [2.45, 2.75) is 13.8 Å². The van der Waals surface area contributed by atoms with Crippen molar-refractivity contribution in [2.24, 2.45) is 0 Å². The van der Waals surface area contributed by atoms with Crippen molar-refractivity contribution in [1.29, 1.82) is 0 Å². The van der Waals surface area contributed by atoms with Gasteiger partial charge in [0.05, 0.1) is 18.5 Å². The summed E-state index contributed by atoms with van der Waals surface area (Å²) >= 11 is 0. The highest BCUT2D eigenvalue weighted by atomic mass is 35.5. The van der Waals surface area contributed by atoms with Crippen LogP contribution in [0.3, 0.4) is 0 Å². The largest absolute Gasteiger partial charge is 0.492 e. The molecule has 0 aliphatic rings. The fourth-order valence-electron chi connectivity index (χ4n) is 1.32. The molecule has 15 heavy (non-hydrogen) atoms. The van der Waals surface area contributed by atoms with Gasteiger partial charge in [-0.3, -0.25) is 0 Å². The standard InChI is InChI=1S/C9H12N4O.ClH/c1-3-14-8-4-9-11-6(2)12-13(9)5-7(8)10;/h4-5H,3,10H2,1-2H3;1H. The number of halogens is 1. The van der Waals surface area contributed by atoms with Gasteiger partial charge in [0, 0.05) is 6.07 Å². The topological polar surface area (TPSA) is 65.4 Å². The van der Waals surface area contributed by atoms with Gasteiger partial charge in [-0.2, -0.15) is 5.10 Å². The van der Waals surface area contributed by atoms with E-state index in [9.17, 15) is 0 Å². The van der Waals surface area contributed by atoms with E-state index in [0.717, 1.165) is 11.5 Å². The van der Waals surface area contributed by atoms with Crippen molar-refractivity contribution in [2.75, 3.05) is 12.3 Å². The minimum absolute atomic E-state index is 0. The second-order valence-electron chi connectivity index (χ2n) is 2.99. The first-order valence-electron chi connectivity index (χ1n) is 4.46. The number of rotatable bonds is 2. The molecule has 0 radical (unpaired) electrons. The lowest BCUT2D eigenvalue weighted by Crippen LogP contribution is -1.99. The molecule has 2 aromatic heterocycles. The fraction of sp³-hybridized carbons (Fsp3) is 0.333. The van der Waals surface area contributed by atoms with E-state index in [0.29, 0.717) is 18.0 Å². The first kappa shape index (κ1) is 11.6. The van der Waals surface area contributed by atoms with Crippen LogP contribution in [-0.2, 0) is 0 Å². The highest BCUT2D eigenvalue weighted by molar-refractivity contribution is 5.85. The zero-order valence-electron chi connectivity index (χ0n) is 8.60. The summed E-state index contributed by atoms with van der Waals surface area (Å²) < 4.78 is 6.99. The Morgan fingerprint density at radius 1 is 1.53 bits per heavy atom. The van der Waals surface area contributed by atoms with Crippen LogP contribution in [0.1, 0.15) is 12.7 Å². The SMILES string of the molecule is CCOc1cc2nc(C)nn2cc1N.Cl. The van der Waals surface area contributed by atoms with Crippen LogP contribution in [0.25, 0.3) is 5.65 Å². The number of pyridine rings is 1. The van der Waals surface area contributed by atoms with Crippen molar-refractivity contribution in [3.63, 3.8) is 0 Å². The lowest BCUT2D eigenvalue weighted by atomic mass is 10.4. The molecular formula is C9H13ClN4O. The molecule has 2 N–H and O–H groups in total. The van der Waals surface area contributed by atoms with Gasteiger partial charge in [-0.25, -0.2) is 9.50 Å². The Hall–Kier alpha value is -1.49. The van der Waals surface area contributed by atoms with Gasteiger partial charge in [-0.1, -0.05) is 0 Å². The number of hydrogen-bond donors (Lipinski definition) is 1. The van der Waals surface area contributed by atoms with Crippen LogP contribution in [0.15, 0.2) is 12.3 Å². The number of ether oxygens (including phenoxy) is 1. The van der Waals surface area contributed by atoms with Gasteiger partial charge in [0.2, 0.25) is 0 Å². The van der Waals surface area contributed by atoms with E-state index >= 15 is 0 Å². The molecule has 2 heterocycles. The molecule has 0 saturated carbocycles. The molecule has 0 spiro atoms. The molecule has 6 heteroatoms. The summed E-state index contributed by atoms with van der Waals surface area (Å²) in [5.74, 6) is 1.38. The maximum absolute atomic E-state index is 5.77. The summed E-state index contributed by atoms with van der Waals surface area (Å²) in [6.45, 7) is 4.34. The smallest absolute Gasteiger partial charge is 0.159 e. The molecular weight excluding hydrogens is 216 g/mol. The predicted octanol–water partition coefficient (Wildman–Crippen LogP) is 1.44. The van der Waals surface area contributed by atoms with Crippen molar-refractivity contribution in [3.05, 3.63) is 18.1 Å². The van der Waals surface area contributed by atoms with Gasteiger partial charge in [-0.05, 0) is 13.8 Å². The average Bonchev–Trinajstić information content (AvgIpc) is 2.45. The van der Waals surface area contributed by atoms with E-state index in [2.05, 4.69) is 10.1 Å². The van der Waals surface area contributed by atoms with Gasteiger partial charge in [0.1, 0.15) is 11.6 Å². The highest BCUT2D eigenvalue weighted by Gasteiger charge is 2.05. The average molecular weight is 229 g/mol. The molecule has 5 nitrogen and oxygen atoms in total. The van der Waals surface area contributed by atoms with E-state index in [-0.39, 0.29) is 12.4 Å². The molecule has 0 unspecified atom stereocenters. The summed E-state index contributed by atoms with van der Waals surface area (Å²) in [7, 11) is 0. The Kier molecular flexibility index (Phi) is 3.36. The number of nitrogens with zero attached hydrogens (tertiary/aromatic N) is 3. The Morgan fingerprint density at radius 3 is 2.93 bits per heavy atom. The lowest BCUT2D eigenvalue weighted by Gasteiger charge is -2.05. The minimum atomic E-state index is 0. The van der Waals surface area contributed by atoms with Gasteiger partial charge in [0.25, 0.3) is 0 Å². The van der Waals surface area contributed by atoms with E-state index < -0.39 is 0 Å². The van der Waals surface area contributed by atoms with Crippen LogP contribution in [0.2, 0.25) is 0 Å². The van der Waals surface area contributed by atoms with Gasteiger partial charge in [-0.15, -0.1) is 12.4 Å². The zero-order chi connectivity index (χ0) is 10.1. The number of anilines is 1. The Labute approximate surface area is 93.7 Å². The van der Waals surface area contributed by atoms with E-state index in [4.69, 9.17) is 10.5 Å². The van der Waals surface area contributed by atoms with E-state index in [1.807, 2.05) is 13.8 Å². The summed E-state index contributed by atoms with van der Waals surface area (Å²) in [6, 6.07) is 1.79. The third-order valence-corrected chi connectivity index (χ3v) is 1.87. The van der Waals surface area contributed by atoms with Crippen molar-refractivity contribution >= 4 is 23.7 Å². The summed E-state index contributed by atoms with van der Waals surface area (Å²) in [5, 5.41) is 4.15. The second kappa shape index (κ2) is 4.35. The van der Waals surface area contributed by atoms with E-state index in [1.54, 1.807) is 16.8 Å². The first-order chi connectivity index (χ1) is 6.70. The quantitative estimate of drug-likeness (QED) is 0.845. The lowest BCUT2D eigenvalue weighted by molar-refractivity contribution is 0.342. The third-order valence-electron chi connectivity index (χ3n) is 1.87. The number of aryl methyl sites for hydroxylation is 1. The van der Waals surface area contributed by atoms with Crippen LogP contribution in [-0.4, -0.2) is 21.2 Å². The molecule has 0 fully saturated rings. The normalized spacial score (nSPS) is 10.0. The molecule has 0 aliphatic heterocycles. The highest BCUT2D eigenvalue weighted by Crippen LogP contribution is 2.22. The summed E-state index contributed by atoms with van der Waals surface area (Å²) in [4.78, 5) is 4.21. The van der Waals surface area contributed by atoms with Crippen LogP contribution in [0, 0.1) is 6.92 Å². The van der Waals surface area contributed by atoms with Gasteiger partial charge >= 0.3 is 0 Å². The molecule has 2 aromatic rings. The Morgan fingerprint density at radius 2 is 2.27 bits per heavy atom. The Balaban J connectivity index is 0.00000112. The molecule has 0 aliphatic carbocycles. The Bertz CT molecular complexity index is 468. The monoisotopic (exact) mass is 228 g/mol. The van der Waals surface area contributed by atoms with Crippen LogP contribution >= 0.6 is 12.4 Å². The number of nitrogens with two attached hydrogens (primary N) is 1. The molecule has 82 valence electrons. The maximum atomic E-state index is 5.77. The molecule has 0 aromatic carbocycles. The number of fused-ring (bicyclic) bond motifs is 1. The maximum Gasteiger partial charge on any atom is 0.159 e. The number of nitrogen functional groups attached to an aromatic ring is 1. The van der Waals surface area contributed by atoms with Crippen LogP contribution in [0.5, 0.6) is 5.75 Å². The predicted molar refractivity (Wildman–Crippen MR) is 60.6 cm³/mol. The zero-order valence-corrected chi connectivity index (χ0v) is 9.41. The molecule has 2 rings (SSSR count). The first-order valence-corrected chi connectivity index (χ1v) is 4.46. The molecule has 0 saturated heterocycles. The van der Waals surface area contributed by atoms with E-state index in [1.165, 1.54) is 0 Å². The van der Waals surface area contributed by atoms with Crippen LogP contribution in [0.4, 0.5) is 5.69 Å². The fourth-order valence-corrected chi connectivity index (χ4v) is 1.32. The minimum Gasteiger partial charge on any atom is -0.492 e. The van der Waals surface area contributed by atoms with Gasteiger partial charge in [0.15, 0.2) is 5.65 Å². The van der Waals surface area contributed by atoms with Gasteiger partial charge < -0.3 is 10.5 Å². The van der Waals surface area contributed by atoms with Crippen molar-refractivity contribution < 1.29 is 4.74 Å².